The molecule has 23 heavy (non-hydrogen) atoms. The summed E-state index contributed by atoms with van der Waals surface area (Å²) < 4.78 is 6.05. The zero-order chi connectivity index (χ0) is 17.7. The number of nitrogens with one attached hydrogen (secondary N) is 1. The van der Waals surface area contributed by atoms with Crippen molar-refractivity contribution in [1.82, 2.24) is 5.32 Å². The zero-order valence-electron chi connectivity index (χ0n) is 13.5. The van der Waals surface area contributed by atoms with Crippen LogP contribution in [0.4, 0.5) is 4.79 Å². The Bertz CT molecular complexity index is 541. The van der Waals surface area contributed by atoms with Gasteiger partial charge in [0.15, 0.2) is 0 Å². The first-order valence-corrected chi connectivity index (χ1v) is 8.45. The second-order valence-electron chi connectivity index (χ2n) is 6.46. The minimum absolute atomic E-state index is 0.320. The molecular formula is C16H23BrClNO4. The van der Waals surface area contributed by atoms with Gasteiger partial charge in [-0.05, 0) is 51.3 Å². The Labute approximate surface area is 150 Å². The van der Waals surface area contributed by atoms with Gasteiger partial charge in [0, 0.05) is 9.50 Å². The molecule has 3 N–H and O–H groups in total. The molecule has 1 amide bonds. The molecule has 0 aliphatic rings. The lowest BCUT2D eigenvalue weighted by molar-refractivity contribution is 0.0276. The van der Waals surface area contributed by atoms with Crippen molar-refractivity contribution < 1.29 is 19.7 Å². The van der Waals surface area contributed by atoms with Crippen LogP contribution in [0.2, 0.25) is 5.02 Å². The summed E-state index contributed by atoms with van der Waals surface area (Å²) in [5, 5.41) is 22.4. The molecule has 5 nitrogen and oxygen atoms in total. The number of carbonyl (C=O) groups excluding carboxylic acids is 1. The molecule has 1 aromatic carbocycles. The smallest absolute Gasteiger partial charge is 0.408 e. The fourth-order valence-corrected chi connectivity index (χ4v) is 2.74. The molecule has 0 saturated heterocycles. The maximum absolute atomic E-state index is 11.9. The average Bonchev–Trinajstić information content (AvgIpc) is 2.43. The van der Waals surface area contributed by atoms with Crippen molar-refractivity contribution in [3.8, 4) is 0 Å². The summed E-state index contributed by atoms with van der Waals surface area (Å²) in [5.41, 5.74) is -0.957. The van der Waals surface area contributed by atoms with E-state index in [1.807, 2.05) is 12.1 Å². The quantitative estimate of drug-likeness (QED) is 0.675. The van der Waals surface area contributed by atoms with Crippen molar-refractivity contribution in [1.29, 1.82) is 0 Å². The SMILES string of the molecule is CC(C)(C)OC(=O)NC(CO)(CO)CCc1ccc(Br)cc1Cl. The molecule has 1 aromatic rings. The number of hydrogen-bond donors (Lipinski definition) is 3. The van der Waals surface area contributed by atoms with E-state index in [1.165, 1.54) is 0 Å². The monoisotopic (exact) mass is 407 g/mol. The number of carbonyl (C=O) groups is 1. The molecule has 7 heteroatoms. The number of aliphatic hydroxyl groups excluding tert-OH is 2. The van der Waals surface area contributed by atoms with Crippen LogP contribution >= 0.6 is 27.5 Å². The fraction of sp³-hybridized carbons (Fsp3) is 0.562. The molecule has 0 heterocycles. The first-order valence-electron chi connectivity index (χ1n) is 7.28. The Kier molecular flexibility index (Phi) is 7.32. The van der Waals surface area contributed by atoms with Crippen LogP contribution in [-0.2, 0) is 11.2 Å². The van der Waals surface area contributed by atoms with Crippen molar-refractivity contribution in [3.63, 3.8) is 0 Å². The van der Waals surface area contributed by atoms with Crippen molar-refractivity contribution >= 4 is 33.6 Å². The Hall–Kier alpha value is -0.820. The first kappa shape index (κ1) is 20.2. The van der Waals surface area contributed by atoms with E-state index in [4.69, 9.17) is 16.3 Å². The Morgan fingerprint density at radius 2 is 1.91 bits per heavy atom. The van der Waals surface area contributed by atoms with Crippen LogP contribution in [0.15, 0.2) is 22.7 Å². The van der Waals surface area contributed by atoms with Gasteiger partial charge in [-0.25, -0.2) is 4.79 Å². The van der Waals surface area contributed by atoms with Gasteiger partial charge in [0.05, 0.1) is 18.8 Å². The number of aryl methyl sites for hydroxylation is 1. The number of hydrogen-bond acceptors (Lipinski definition) is 4. The van der Waals surface area contributed by atoms with Gasteiger partial charge in [0.2, 0.25) is 0 Å². The predicted molar refractivity (Wildman–Crippen MR) is 93.7 cm³/mol. The Morgan fingerprint density at radius 3 is 2.39 bits per heavy atom. The summed E-state index contributed by atoms with van der Waals surface area (Å²) in [4.78, 5) is 11.9. The lowest BCUT2D eigenvalue weighted by Gasteiger charge is -2.32. The van der Waals surface area contributed by atoms with Crippen LogP contribution in [0.25, 0.3) is 0 Å². The Balaban J connectivity index is 2.78. The zero-order valence-corrected chi connectivity index (χ0v) is 15.9. The molecule has 0 aliphatic heterocycles. The molecule has 1 rings (SSSR count). The third kappa shape index (κ3) is 6.67. The van der Waals surface area contributed by atoms with E-state index in [2.05, 4.69) is 21.2 Å². The van der Waals surface area contributed by atoms with Crippen molar-refractivity contribution in [2.75, 3.05) is 13.2 Å². The maximum atomic E-state index is 11.9. The van der Waals surface area contributed by atoms with Crippen molar-refractivity contribution in [2.45, 2.75) is 44.8 Å². The predicted octanol–water partition coefficient (Wildman–Crippen LogP) is 3.28. The molecule has 0 saturated carbocycles. The molecule has 0 atom stereocenters. The van der Waals surface area contributed by atoms with E-state index in [1.54, 1.807) is 26.8 Å². The molecule has 0 aliphatic carbocycles. The summed E-state index contributed by atoms with van der Waals surface area (Å²) >= 11 is 9.51. The highest BCUT2D eigenvalue weighted by Gasteiger charge is 2.32. The Morgan fingerprint density at radius 1 is 1.30 bits per heavy atom. The highest BCUT2D eigenvalue weighted by atomic mass is 79.9. The normalized spacial score (nSPS) is 12.1. The van der Waals surface area contributed by atoms with Gasteiger partial charge in [-0.1, -0.05) is 33.6 Å². The maximum Gasteiger partial charge on any atom is 0.408 e. The van der Waals surface area contributed by atoms with Crippen LogP contribution in [0.5, 0.6) is 0 Å². The second kappa shape index (κ2) is 8.33. The van der Waals surface area contributed by atoms with Crippen LogP contribution in [0, 0.1) is 0 Å². The molecule has 0 fully saturated rings. The third-order valence-corrected chi connectivity index (χ3v) is 4.10. The highest BCUT2D eigenvalue weighted by Crippen LogP contribution is 2.24. The number of rotatable bonds is 6. The van der Waals surface area contributed by atoms with Crippen LogP contribution < -0.4 is 5.32 Å². The summed E-state index contributed by atoms with van der Waals surface area (Å²) in [6.45, 7) is 4.42. The van der Waals surface area contributed by atoms with Crippen LogP contribution in [0.1, 0.15) is 32.8 Å². The molecule has 0 spiro atoms. The standard InChI is InChI=1S/C16H23BrClNO4/c1-15(2,3)23-14(22)19-16(9-20,10-21)7-6-11-4-5-12(17)8-13(11)18/h4-5,8,20-21H,6-7,9-10H2,1-3H3,(H,19,22). The van der Waals surface area contributed by atoms with Gasteiger partial charge in [-0.3, -0.25) is 0 Å². The van der Waals surface area contributed by atoms with Crippen molar-refractivity contribution in [2.24, 2.45) is 0 Å². The van der Waals surface area contributed by atoms with E-state index >= 15 is 0 Å². The first-order chi connectivity index (χ1) is 10.6. The summed E-state index contributed by atoms with van der Waals surface area (Å²) in [7, 11) is 0. The molecule has 0 aromatic heterocycles. The average molecular weight is 409 g/mol. The topological polar surface area (TPSA) is 78.8 Å². The number of alkyl carbamates (subject to hydrolysis) is 1. The molecule has 130 valence electrons. The van der Waals surface area contributed by atoms with Gasteiger partial charge >= 0.3 is 6.09 Å². The minimum Gasteiger partial charge on any atom is -0.444 e. The van der Waals surface area contributed by atoms with Gasteiger partial charge < -0.3 is 20.3 Å². The number of ether oxygens (including phenoxy) is 1. The second-order valence-corrected chi connectivity index (χ2v) is 7.78. The molecule has 0 bridgehead atoms. The lowest BCUT2D eigenvalue weighted by atomic mass is 9.93. The third-order valence-electron chi connectivity index (χ3n) is 3.26. The van der Waals surface area contributed by atoms with E-state index in [0.717, 1.165) is 10.0 Å². The minimum atomic E-state index is -1.17. The van der Waals surface area contributed by atoms with Gasteiger partial charge in [-0.15, -0.1) is 0 Å². The van der Waals surface area contributed by atoms with Gasteiger partial charge in [0.25, 0.3) is 0 Å². The molecular weight excluding hydrogens is 386 g/mol. The largest absolute Gasteiger partial charge is 0.444 e. The molecule has 0 unspecified atom stereocenters. The van der Waals surface area contributed by atoms with Crippen molar-refractivity contribution in [3.05, 3.63) is 33.3 Å². The fourth-order valence-electron chi connectivity index (χ4n) is 1.97. The summed E-state index contributed by atoms with van der Waals surface area (Å²) in [5.74, 6) is 0. The number of amides is 1. The number of benzene rings is 1. The number of aliphatic hydroxyl groups is 2. The van der Waals surface area contributed by atoms with E-state index < -0.39 is 30.4 Å². The van der Waals surface area contributed by atoms with Gasteiger partial charge in [-0.2, -0.15) is 0 Å². The lowest BCUT2D eigenvalue weighted by Crippen LogP contribution is -2.55. The van der Waals surface area contributed by atoms with Gasteiger partial charge in [0.1, 0.15) is 5.60 Å². The number of halogens is 2. The highest BCUT2D eigenvalue weighted by molar-refractivity contribution is 9.10. The van der Waals surface area contributed by atoms with Crippen LogP contribution in [-0.4, -0.2) is 40.7 Å². The summed E-state index contributed by atoms with van der Waals surface area (Å²) in [6.07, 6.45) is 0.131. The summed E-state index contributed by atoms with van der Waals surface area (Å²) in [6, 6.07) is 5.50. The van der Waals surface area contributed by atoms with E-state index in [9.17, 15) is 15.0 Å². The van der Waals surface area contributed by atoms with Crippen LogP contribution in [0.3, 0.4) is 0 Å². The van der Waals surface area contributed by atoms with E-state index in [-0.39, 0.29) is 0 Å². The van der Waals surface area contributed by atoms with E-state index in [0.29, 0.717) is 17.9 Å². The molecule has 0 radical (unpaired) electrons.